The van der Waals surface area contributed by atoms with Gasteiger partial charge in [0.25, 0.3) is 0 Å². The first-order chi connectivity index (χ1) is 9.84. The van der Waals surface area contributed by atoms with Crippen LogP contribution in [0.3, 0.4) is 0 Å². The van der Waals surface area contributed by atoms with E-state index >= 15 is 0 Å². The molecule has 2 atom stereocenters. The fourth-order valence-corrected chi connectivity index (χ4v) is 3.60. The fraction of sp³-hybridized carbons (Fsp3) is 1.00. The van der Waals surface area contributed by atoms with Crippen molar-refractivity contribution in [2.45, 2.75) is 116 Å². The van der Waals surface area contributed by atoms with E-state index in [1.807, 2.05) is 0 Å². The van der Waals surface area contributed by atoms with Gasteiger partial charge in [-0.1, -0.05) is 90.4 Å². The van der Waals surface area contributed by atoms with Crippen molar-refractivity contribution in [1.29, 1.82) is 0 Å². The maximum atomic E-state index is 10.1. The molecule has 0 heterocycles. The molecule has 1 aliphatic carbocycles. The third kappa shape index (κ3) is 9.00. The van der Waals surface area contributed by atoms with Crippen molar-refractivity contribution in [2.75, 3.05) is 0 Å². The van der Waals surface area contributed by atoms with Crippen LogP contribution in [0.2, 0.25) is 0 Å². The molecule has 0 aliphatic heterocycles. The molecule has 0 spiro atoms. The van der Waals surface area contributed by atoms with Gasteiger partial charge in [0, 0.05) is 0 Å². The summed E-state index contributed by atoms with van der Waals surface area (Å²) in [6.07, 6.45) is 21.7. The Morgan fingerprint density at radius 2 is 1.25 bits per heavy atom. The van der Waals surface area contributed by atoms with Gasteiger partial charge in [0.15, 0.2) is 0 Å². The lowest BCUT2D eigenvalue weighted by Gasteiger charge is -2.19. The molecule has 1 N–H and O–H groups in total. The Balaban J connectivity index is 1.86. The van der Waals surface area contributed by atoms with Crippen molar-refractivity contribution < 1.29 is 5.11 Å². The van der Waals surface area contributed by atoms with Gasteiger partial charge in [-0.3, -0.25) is 0 Å². The van der Waals surface area contributed by atoms with Crippen LogP contribution in [0, 0.1) is 5.92 Å². The molecule has 0 aromatic heterocycles. The molecular formula is C19H38O. The lowest BCUT2D eigenvalue weighted by atomic mass is 9.91. The summed E-state index contributed by atoms with van der Waals surface area (Å²) >= 11 is 0. The van der Waals surface area contributed by atoms with E-state index in [4.69, 9.17) is 0 Å². The van der Waals surface area contributed by atoms with Crippen molar-refractivity contribution in [1.82, 2.24) is 0 Å². The first kappa shape index (κ1) is 18.0. The van der Waals surface area contributed by atoms with Gasteiger partial charge in [0.1, 0.15) is 0 Å². The van der Waals surface area contributed by atoms with Crippen LogP contribution < -0.4 is 0 Å². The average Bonchev–Trinajstić information content (AvgIpc) is 2.66. The highest BCUT2D eigenvalue weighted by Gasteiger charge is 2.20. The Labute approximate surface area is 127 Å². The summed E-state index contributed by atoms with van der Waals surface area (Å²) in [5.74, 6) is 0.617. The molecule has 0 saturated heterocycles. The van der Waals surface area contributed by atoms with Crippen LogP contribution in [0.4, 0.5) is 0 Å². The van der Waals surface area contributed by atoms with Gasteiger partial charge >= 0.3 is 0 Å². The fourth-order valence-electron chi connectivity index (χ4n) is 3.60. The van der Waals surface area contributed by atoms with E-state index in [2.05, 4.69) is 6.92 Å². The largest absolute Gasteiger partial charge is 0.393 e. The Bertz CT molecular complexity index is 202. The van der Waals surface area contributed by atoms with Crippen molar-refractivity contribution in [3.63, 3.8) is 0 Å². The predicted octanol–water partition coefficient (Wildman–Crippen LogP) is 6.24. The SMILES string of the molecule is CCCCCCCCCCCCC1CCCCCC1O. The number of hydrogen-bond acceptors (Lipinski definition) is 1. The Morgan fingerprint density at radius 1 is 0.700 bits per heavy atom. The van der Waals surface area contributed by atoms with Crippen molar-refractivity contribution in [2.24, 2.45) is 5.92 Å². The molecule has 120 valence electrons. The molecule has 20 heavy (non-hydrogen) atoms. The highest BCUT2D eigenvalue weighted by Crippen LogP contribution is 2.27. The summed E-state index contributed by atoms with van der Waals surface area (Å²) in [5, 5.41) is 10.1. The second-order valence-electron chi connectivity index (χ2n) is 6.94. The number of rotatable bonds is 11. The second kappa shape index (κ2) is 12.7. The van der Waals surface area contributed by atoms with Gasteiger partial charge < -0.3 is 5.11 Å². The smallest absolute Gasteiger partial charge is 0.0568 e. The maximum absolute atomic E-state index is 10.1. The summed E-state index contributed by atoms with van der Waals surface area (Å²) < 4.78 is 0. The highest BCUT2D eigenvalue weighted by molar-refractivity contribution is 4.72. The molecule has 0 bridgehead atoms. The molecule has 0 aromatic carbocycles. The molecule has 1 heteroatoms. The molecule has 1 nitrogen and oxygen atoms in total. The molecule has 2 unspecified atom stereocenters. The van der Waals surface area contributed by atoms with E-state index in [1.165, 1.54) is 96.3 Å². The molecule has 0 radical (unpaired) electrons. The molecule has 0 aromatic rings. The van der Waals surface area contributed by atoms with Crippen molar-refractivity contribution in [3.05, 3.63) is 0 Å². The predicted molar refractivity (Wildman–Crippen MR) is 89.0 cm³/mol. The van der Waals surface area contributed by atoms with E-state index < -0.39 is 0 Å². The monoisotopic (exact) mass is 282 g/mol. The van der Waals surface area contributed by atoms with Gasteiger partial charge in [-0.25, -0.2) is 0 Å². The average molecular weight is 283 g/mol. The van der Waals surface area contributed by atoms with Gasteiger partial charge in [-0.15, -0.1) is 0 Å². The third-order valence-electron chi connectivity index (χ3n) is 5.05. The van der Waals surface area contributed by atoms with Crippen LogP contribution in [-0.4, -0.2) is 11.2 Å². The van der Waals surface area contributed by atoms with E-state index in [0.717, 1.165) is 6.42 Å². The Morgan fingerprint density at radius 3 is 1.90 bits per heavy atom. The second-order valence-corrected chi connectivity index (χ2v) is 6.94. The van der Waals surface area contributed by atoms with Crippen LogP contribution in [0.1, 0.15) is 110 Å². The number of aliphatic hydroxyl groups excluding tert-OH is 1. The molecule has 1 saturated carbocycles. The number of aliphatic hydroxyl groups is 1. The maximum Gasteiger partial charge on any atom is 0.0568 e. The van der Waals surface area contributed by atoms with Gasteiger partial charge in [0.05, 0.1) is 6.10 Å². The molecular weight excluding hydrogens is 244 g/mol. The van der Waals surface area contributed by atoms with Gasteiger partial charge in [-0.05, 0) is 25.2 Å². The van der Waals surface area contributed by atoms with Crippen molar-refractivity contribution >= 4 is 0 Å². The summed E-state index contributed by atoms with van der Waals surface area (Å²) in [7, 11) is 0. The van der Waals surface area contributed by atoms with Crippen molar-refractivity contribution in [3.8, 4) is 0 Å². The zero-order chi connectivity index (χ0) is 14.5. The quantitative estimate of drug-likeness (QED) is 0.351. The zero-order valence-electron chi connectivity index (χ0n) is 13.9. The molecule has 1 rings (SSSR count). The Kier molecular flexibility index (Phi) is 11.4. The topological polar surface area (TPSA) is 20.2 Å². The highest BCUT2D eigenvalue weighted by atomic mass is 16.3. The van der Waals surface area contributed by atoms with E-state index in [-0.39, 0.29) is 6.10 Å². The summed E-state index contributed by atoms with van der Waals surface area (Å²) in [6.45, 7) is 2.28. The summed E-state index contributed by atoms with van der Waals surface area (Å²) in [5.41, 5.74) is 0. The standard InChI is InChI=1S/C19H38O/c1-2-3-4-5-6-7-8-9-10-12-15-18-16-13-11-14-17-19(18)20/h18-20H,2-17H2,1H3. The lowest BCUT2D eigenvalue weighted by Crippen LogP contribution is -2.18. The summed E-state index contributed by atoms with van der Waals surface area (Å²) in [6, 6.07) is 0. The van der Waals surface area contributed by atoms with E-state index in [9.17, 15) is 5.11 Å². The number of unbranched alkanes of at least 4 members (excludes halogenated alkanes) is 9. The minimum Gasteiger partial charge on any atom is -0.393 e. The van der Waals surface area contributed by atoms with Crippen LogP contribution in [-0.2, 0) is 0 Å². The minimum atomic E-state index is 0.0102. The third-order valence-corrected chi connectivity index (χ3v) is 5.05. The van der Waals surface area contributed by atoms with Crippen LogP contribution in [0.25, 0.3) is 0 Å². The molecule has 1 fully saturated rings. The summed E-state index contributed by atoms with van der Waals surface area (Å²) in [4.78, 5) is 0. The van der Waals surface area contributed by atoms with Gasteiger partial charge in [0.2, 0.25) is 0 Å². The van der Waals surface area contributed by atoms with E-state index in [1.54, 1.807) is 0 Å². The normalized spacial score (nSPS) is 23.7. The van der Waals surface area contributed by atoms with Crippen LogP contribution in [0.15, 0.2) is 0 Å². The van der Waals surface area contributed by atoms with Crippen LogP contribution in [0.5, 0.6) is 0 Å². The van der Waals surface area contributed by atoms with Gasteiger partial charge in [-0.2, -0.15) is 0 Å². The molecule has 0 amide bonds. The lowest BCUT2D eigenvalue weighted by molar-refractivity contribution is 0.0942. The zero-order valence-corrected chi connectivity index (χ0v) is 13.9. The Hall–Kier alpha value is -0.0400. The number of hydrogen-bond donors (Lipinski definition) is 1. The van der Waals surface area contributed by atoms with E-state index in [0.29, 0.717) is 5.92 Å². The minimum absolute atomic E-state index is 0.0102. The first-order valence-electron chi connectivity index (χ1n) is 9.52. The molecule has 1 aliphatic rings. The van der Waals surface area contributed by atoms with Crippen LogP contribution >= 0.6 is 0 Å². The first-order valence-corrected chi connectivity index (χ1v) is 9.52.